The Balaban J connectivity index is 2.15. The minimum Gasteiger partial charge on any atom is -0.315 e. The van der Waals surface area contributed by atoms with Crippen LogP contribution in [-0.2, 0) is 6.54 Å². The second-order valence-corrected chi connectivity index (χ2v) is 5.63. The molecule has 0 aliphatic carbocycles. The number of rotatable bonds is 7. The third kappa shape index (κ3) is 5.66. The fraction of sp³-hybridized carbons (Fsp3) is 0.636. The van der Waals surface area contributed by atoms with Gasteiger partial charge in [0.05, 0.1) is 0 Å². The Bertz CT molecular complexity index is 275. The number of thiophene rings is 1. The van der Waals surface area contributed by atoms with Gasteiger partial charge in [-0.15, -0.1) is 11.3 Å². The maximum Gasteiger partial charge on any atom is 0.0325 e. The first-order valence-corrected chi connectivity index (χ1v) is 7.01. The van der Waals surface area contributed by atoms with Gasteiger partial charge in [-0.2, -0.15) is 0 Å². The maximum absolute atomic E-state index is 3.47. The van der Waals surface area contributed by atoms with E-state index in [0.717, 1.165) is 26.2 Å². The normalized spacial score (nSPS) is 11.2. The van der Waals surface area contributed by atoms with Crippen molar-refractivity contribution in [1.82, 2.24) is 10.2 Å². The van der Waals surface area contributed by atoms with Crippen LogP contribution in [0.2, 0.25) is 0 Å². The predicted molar refractivity (Wildman–Crippen MR) is 71.5 cm³/mol. The van der Waals surface area contributed by atoms with E-state index in [1.165, 1.54) is 15.8 Å². The largest absolute Gasteiger partial charge is 0.315 e. The average Bonchev–Trinajstić information content (AvgIpc) is 2.59. The molecule has 2 nitrogen and oxygen atoms in total. The number of hydrogen-bond donors (Lipinski definition) is 1. The quantitative estimate of drug-likeness (QED) is 0.777. The minimum atomic E-state index is 1.05. The van der Waals surface area contributed by atoms with Crippen LogP contribution in [0.1, 0.15) is 18.2 Å². The highest BCUT2D eigenvalue weighted by molar-refractivity contribution is 9.10. The number of halogens is 1. The van der Waals surface area contributed by atoms with Crippen molar-refractivity contribution in [2.75, 3.05) is 26.7 Å². The summed E-state index contributed by atoms with van der Waals surface area (Å²) in [7, 11) is 2.17. The number of hydrogen-bond acceptors (Lipinski definition) is 3. The first kappa shape index (κ1) is 13.2. The summed E-state index contributed by atoms with van der Waals surface area (Å²) in [6.45, 7) is 6.55. The molecule has 0 amide bonds. The van der Waals surface area contributed by atoms with Gasteiger partial charge in [0.1, 0.15) is 0 Å². The molecule has 0 spiro atoms. The number of nitrogens with one attached hydrogen (secondary N) is 1. The van der Waals surface area contributed by atoms with Gasteiger partial charge in [0.2, 0.25) is 0 Å². The van der Waals surface area contributed by atoms with Gasteiger partial charge < -0.3 is 10.2 Å². The third-order valence-corrected chi connectivity index (χ3v) is 3.83. The highest BCUT2D eigenvalue weighted by atomic mass is 79.9. The van der Waals surface area contributed by atoms with Crippen LogP contribution in [0.4, 0.5) is 0 Å². The number of likely N-dealkylation sites (N-methyl/N-ethyl adjacent to an activating group) is 1. The van der Waals surface area contributed by atoms with Crippen molar-refractivity contribution in [3.8, 4) is 0 Å². The zero-order chi connectivity index (χ0) is 11.1. The van der Waals surface area contributed by atoms with Crippen LogP contribution in [0.15, 0.2) is 15.9 Å². The van der Waals surface area contributed by atoms with E-state index in [4.69, 9.17) is 0 Å². The Morgan fingerprint density at radius 3 is 2.87 bits per heavy atom. The fourth-order valence-electron chi connectivity index (χ4n) is 1.35. The molecule has 0 atom stereocenters. The summed E-state index contributed by atoms with van der Waals surface area (Å²) in [5.41, 5.74) is 0. The molecule has 1 rings (SSSR count). The molecule has 1 N–H and O–H groups in total. The molecule has 1 aromatic heterocycles. The van der Waals surface area contributed by atoms with Crippen molar-refractivity contribution in [1.29, 1.82) is 0 Å². The molecule has 0 bridgehead atoms. The molecule has 0 unspecified atom stereocenters. The molecule has 0 aliphatic rings. The van der Waals surface area contributed by atoms with Crippen LogP contribution >= 0.6 is 27.3 Å². The lowest BCUT2D eigenvalue weighted by Crippen LogP contribution is -2.29. The van der Waals surface area contributed by atoms with Gasteiger partial charge in [0.25, 0.3) is 0 Å². The zero-order valence-corrected chi connectivity index (χ0v) is 11.8. The van der Waals surface area contributed by atoms with Gasteiger partial charge in [-0.25, -0.2) is 0 Å². The van der Waals surface area contributed by atoms with Gasteiger partial charge in [0.15, 0.2) is 0 Å². The molecule has 0 aliphatic heterocycles. The molecule has 86 valence electrons. The zero-order valence-electron chi connectivity index (χ0n) is 9.42. The van der Waals surface area contributed by atoms with Crippen LogP contribution in [-0.4, -0.2) is 31.6 Å². The molecule has 0 aromatic carbocycles. The summed E-state index contributed by atoms with van der Waals surface area (Å²) < 4.78 is 1.19. The average molecular weight is 291 g/mol. The van der Waals surface area contributed by atoms with Gasteiger partial charge in [0, 0.05) is 34.4 Å². The van der Waals surface area contributed by atoms with Gasteiger partial charge in [-0.1, -0.05) is 6.92 Å². The first-order chi connectivity index (χ1) is 7.22. The summed E-state index contributed by atoms with van der Waals surface area (Å²) in [5, 5.41) is 5.55. The topological polar surface area (TPSA) is 15.3 Å². The Morgan fingerprint density at radius 1 is 1.47 bits per heavy atom. The molecule has 1 heterocycles. The molecule has 0 radical (unpaired) electrons. The van der Waals surface area contributed by atoms with Crippen molar-refractivity contribution < 1.29 is 0 Å². The lowest BCUT2D eigenvalue weighted by atomic mass is 10.4. The van der Waals surface area contributed by atoms with E-state index in [2.05, 4.69) is 51.6 Å². The second kappa shape index (κ2) is 7.39. The number of nitrogens with zero attached hydrogens (tertiary/aromatic N) is 1. The molecule has 1 aromatic rings. The smallest absolute Gasteiger partial charge is 0.0325 e. The van der Waals surface area contributed by atoms with E-state index >= 15 is 0 Å². The van der Waals surface area contributed by atoms with Crippen LogP contribution < -0.4 is 5.32 Å². The lowest BCUT2D eigenvalue weighted by Gasteiger charge is -2.15. The summed E-state index contributed by atoms with van der Waals surface area (Å²) in [5.74, 6) is 0. The Hall–Kier alpha value is 0.1000. The minimum absolute atomic E-state index is 1.05. The van der Waals surface area contributed by atoms with Crippen LogP contribution in [0, 0.1) is 0 Å². The summed E-state index contributed by atoms with van der Waals surface area (Å²) in [6, 6.07) is 2.20. The van der Waals surface area contributed by atoms with E-state index < -0.39 is 0 Å². The highest BCUT2D eigenvalue weighted by Crippen LogP contribution is 2.20. The van der Waals surface area contributed by atoms with Gasteiger partial charge in [-0.3, -0.25) is 0 Å². The monoisotopic (exact) mass is 290 g/mol. The van der Waals surface area contributed by atoms with E-state index in [1.807, 2.05) is 11.3 Å². The SMILES string of the molecule is CCCNCCN(C)Cc1cc(Br)cs1. The molecule has 15 heavy (non-hydrogen) atoms. The Morgan fingerprint density at radius 2 is 2.27 bits per heavy atom. The molecular formula is C11H19BrN2S. The third-order valence-electron chi connectivity index (χ3n) is 2.14. The molecular weight excluding hydrogens is 272 g/mol. The Labute approximate surface area is 105 Å². The standard InChI is InChI=1S/C11H19BrN2S/c1-3-4-13-5-6-14(2)8-11-7-10(12)9-15-11/h7,9,13H,3-6,8H2,1-2H3. The van der Waals surface area contributed by atoms with Crippen LogP contribution in [0.25, 0.3) is 0 Å². The van der Waals surface area contributed by atoms with E-state index in [0.29, 0.717) is 0 Å². The lowest BCUT2D eigenvalue weighted by molar-refractivity contribution is 0.327. The van der Waals surface area contributed by atoms with E-state index in [1.54, 1.807) is 0 Å². The van der Waals surface area contributed by atoms with Crippen molar-refractivity contribution in [3.63, 3.8) is 0 Å². The van der Waals surface area contributed by atoms with Gasteiger partial charge in [-0.05, 0) is 42.0 Å². The molecule has 0 saturated heterocycles. The van der Waals surface area contributed by atoms with Crippen LogP contribution in [0.3, 0.4) is 0 Å². The van der Waals surface area contributed by atoms with E-state index in [9.17, 15) is 0 Å². The van der Waals surface area contributed by atoms with Crippen molar-refractivity contribution in [3.05, 3.63) is 20.8 Å². The van der Waals surface area contributed by atoms with Crippen molar-refractivity contribution >= 4 is 27.3 Å². The second-order valence-electron chi connectivity index (χ2n) is 3.72. The van der Waals surface area contributed by atoms with E-state index in [-0.39, 0.29) is 0 Å². The summed E-state index contributed by atoms with van der Waals surface area (Å²) in [4.78, 5) is 3.76. The molecule has 0 fully saturated rings. The van der Waals surface area contributed by atoms with Gasteiger partial charge >= 0.3 is 0 Å². The van der Waals surface area contributed by atoms with Crippen molar-refractivity contribution in [2.24, 2.45) is 0 Å². The molecule has 0 saturated carbocycles. The fourth-order valence-corrected chi connectivity index (χ4v) is 2.88. The molecule has 4 heteroatoms. The first-order valence-electron chi connectivity index (χ1n) is 5.34. The van der Waals surface area contributed by atoms with Crippen molar-refractivity contribution in [2.45, 2.75) is 19.9 Å². The Kier molecular flexibility index (Phi) is 6.48. The highest BCUT2D eigenvalue weighted by Gasteiger charge is 2.02. The van der Waals surface area contributed by atoms with Crippen LogP contribution in [0.5, 0.6) is 0 Å². The summed E-state index contributed by atoms with van der Waals surface area (Å²) in [6.07, 6.45) is 1.21. The summed E-state index contributed by atoms with van der Waals surface area (Å²) >= 11 is 5.29. The predicted octanol–water partition coefficient (Wildman–Crippen LogP) is 2.94. The maximum atomic E-state index is 3.47.